The molecule has 6 heteroatoms. The first-order chi connectivity index (χ1) is 9.44. The van der Waals surface area contributed by atoms with Gasteiger partial charge in [0.2, 0.25) is 5.78 Å². The highest BCUT2D eigenvalue weighted by molar-refractivity contribution is 7.10. The molecule has 0 saturated carbocycles. The molecule has 2 rings (SSSR count). The number of Topliss-reactive ketones (excluding diaryl/α,β-unsaturated/α-hetero) is 1. The predicted molar refractivity (Wildman–Crippen MR) is 68.7 cm³/mol. The molecule has 0 N–H and O–H groups in total. The highest BCUT2D eigenvalue weighted by Gasteiger charge is 2.30. The summed E-state index contributed by atoms with van der Waals surface area (Å²) in [4.78, 5) is 12.5. The Hall–Kier alpha value is -2.26. The van der Waals surface area contributed by atoms with E-state index >= 15 is 0 Å². The first kappa shape index (κ1) is 14.2. The molecular formula is C14H7F3O2S. The molecule has 0 saturated heterocycles. The van der Waals surface area contributed by atoms with Crippen LogP contribution in [-0.2, 0) is 0 Å². The van der Waals surface area contributed by atoms with Crippen LogP contribution in [0.1, 0.15) is 15.2 Å². The summed E-state index contributed by atoms with van der Waals surface area (Å²) in [6.45, 7) is 0. The van der Waals surface area contributed by atoms with Gasteiger partial charge in [-0.2, -0.15) is 0 Å². The maximum Gasteiger partial charge on any atom is 0.573 e. The van der Waals surface area contributed by atoms with E-state index in [0.717, 1.165) is 17.0 Å². The van der Waals surface area contributed by atoms with Crippen molar-refractivity contribution in [1.29, 1.82) is 0 Å². The fourth-order valence-electron chi connectivity index (χ4n) is 1.35. The minimum atomic E-state index is -4.75. The van der Waals surface area contributed by atoms with Crippen molar-refractivity contribution in [2.24, 2.45) is 0 Å². The number of thiophene rings is 1. The predicted octanol–water partition coefficient (Wildman–Crippen LogP) is 3.88. The first-order valence-electron chi connectivity index (χ1n) is 5.40. The molecule has 0 unspecified atom stereocenters. The molecular weight excluding hydrogens is 289 g/mol. The van der Waals surface area contributed by atoms with Crippen LogP contribution in [-0.4, -0.2) is 12.1 Å². The van der Waals surface area contributed by atoms with E-state index in [0.29, 0.717) is 0 Å². The van der Waals surface area contributed by atoms with Gasteiger partial charge in [-0.15, -0.1) is 24.5 Å². The van der Waals surface area contributed by atoms with Gasteiger partial charge >= 0.3 is 6.36 Å². The topological polar surface area (TPSA) is 26.3 Å². The molecule has 0 aliphatic rings. The molecule has 0 aliphatic carbocycles. The maximum absolute atomic E-state index is 12.0. The second-order valence-electron chi connectivity index (χ2n) is 3.63. The van der Waals surface area contributed by atoms with Crippen molar-refractivity contribution in [3.8, 4) is 17.6 Å². The maximum atomic E-state index is 12.0. The lowest BCUT2D eigenvalue weighted by Crippen LogP contribution is -2.17. The molecule has 0 radical (unpaired) electrons. The quantitative estimate of drug-likeness (QED) is 0.621. The van der Waals surface area contributed by atoms with Gasteiger partial charge in [-0.05, 0) is 47.6 Å². The number of benzene rings is 1. The third kappa shape index (κ3) is 4.14. The second kappa shape index (κ2) is 5.80. The van der Waals surface area contributed by atoms with Crippen LogP contribution < -0.4 is 4.74 Å². The van der Waals surface area contributed by atoms with E-state index in [1.807, 2.05) is 11.4 Å². The van der Waals surface area contributed by atoms with Crippen LogP contribution in [0, 0.1) is 11.8 Å². The monoisotopic (exact) mass is 296 g/mol. The summed E-state index contributed by atoms with van der Waals surface area (Å²) in [5, 5.41) is 1.83. The molecule has 1 aromatic carbocycles. The number of ketones is 1. The zero-order valence-corrected chi connectivity index (χ0v) is 10.7. The number of hydrogen-bond donors (Lipinski definition) is 0. The van der Waals surface area contributed by atoms with Crippen molar-refractivity contribution in [2.45, 2.75) is 6.36 Å². The van der Waals surface area contributed by atoms with E-state index < -0.39 is 12.1 Å². The van der Waals surface area contributed by atoms with Gasteiger partial charge in [0.25, 0.3) is 0 Å². The van der Waals surface area contributed by atoms with E-state index in [-0.39, 0.29) is 11.3 Å². The van der Waals surface area contributed by atoms with Crippen molar-refractivity contribution in [2.75, 3.05) is 0 Å². The molecule has 0 fully saturated rings. The number of ether oxygens (including phenoxy) is 1. The van der Waals surface area contributed by atoms with E-state index in [1.54, 1.807) is 6.07 Å². The highest BCUT2D eigenvalue weighted by Crippen LogP contribution is 2.22. The van der Waals surface area contributed by atoms with Crippen LogP contribution in [0.2, 0.25) is 0 Å². The minimum absolute atomic E-state index is 0.212. The molecule has 102 valence electrons. The van der Waals surface area contributed by atoms with Crippen LogP contribution >= 0.6 is 11.3 Å². The molecule has 0 spiro atoms. The molecule has 1 aromatic heterocycles. The normalized spacial score (nSPS) is 10.6. The van der Waals surface area contributed by atoms with Crippen LogP contribution in [0.25, 0.3) is 0 Å². The molecule has 0 amide bonds. The average Bonchev–Trinajstić information content (AvgIpc) is 2.88. The first-order valence-corrected chi connectivity index (χ1v) is 6.28. The molecule has 1 heterocycles. The fourth-order valence-corrected chi connectivity index (χ4v) is 1.92. The third-order valence-corrected chi connectivity index (χ3v) is 2.96. The largest absolute Gasteiger partial charge is 0.573 e. The molecule has 2 aromatic rings. The van der Waals surface area contributed by atoms with Gasteiger partial charge in [-0.25, -0.2) is 0 Å². The van der Waals surface area contributed by atoms with Crippen LogP contribution in [0.15, 0.2) is 41.8 Å². The molecule has 0 aliphatic heterocycles. The van der Waals surface area contributed by atoms with E-state index in [1.165, 1.54) is 23.5 Å². The Balaban J connectivity index is 2.08. The third-order valence-electron chi connectivity index (χ3n) is 2.17. The van der Waals surface area contributed by atoms with Gasteiger partial charge in [0.1, 0.15) is 5.75 Å². The summed E-state index contributed by atoms with van der Waals surface area (Å²) in [6, 6.07) is 8.22. The smallest absolute Gasteiger partial charge is 0.406 e. The van der Waals surface area contributed by atoms with Crippen molar-refractivity contribution in [3.63, 3.8) is 0 Å². The number of rotatable bonds is 2. The number of halogens is 3. The van der Waals surface area contributed by atoms with Crippen molar-refractivity contribution >= 4 is 17.1 Å². The lowest BCUT2D eigenvalue weighted by atomic mass is 10.1. The van der Waals surface area contributed by atoms with Gasteiger partial charge in [0.15, 0.2) is 0 Å². The number of carbonyl (C=O) groups is 1. The van der Waals surface area contributed by atoms with Gasteiger partial charge in [0, 0.05) is 5.56 Å². The Morgan fingerprint density at radius 2 is 1.85 bits per heavy atom. The Labute approximate surface area is 116 Å². The molecule has 2 nitrogen and oxygen atoms in total. The van der Waals surface area contributed by atoms with Crippen molar-refractivity contribution in [3.05, 3.63) is 52.2 Å². The number of carbonyl (C=O) groups excluding carboxylic acids is 1. The highest BCUT2D eigenvalue weighted by atomic mass is 32.1. The van der Waals surface area contributed by atoms with E-state index in [2.05, 4.69) is 16.6 Å². The summed E-state index contributed by atoms with van der Waals surface area (Å²) >= 11 is 1.40. The van der Waals surface area contributed by atoms with Gasteiger partial charge < -0.3 is 4.74 Å². The van der Waals surface area contributed by atoms with Crippen LogP contribution in [0.4, 0.5) is 13.2 Å². The van der Waals surface area contributed by atoms with Gasteiger partial charge in [0.05, 0.1) is 4.88 Å². The van der Waals surface area contributed by atoms with Crippen molar-refractivity contribution in [1.82, 2.24) is 0 Å². The van der Waals surface area contributed by atoms with E-state index in [9.17, 15) is 18.0 Å². The molecule has 20 heavy (non-hydrogen) atoms. The summed E-state index contributed by atoms with van der Waals surface area (Å²) in [5.41, 5.74) is 0.212. The van der Waals surface area contributed by atoms with Crippen LogP contribution in [0.3, 0.4) is 0 Å². The lowest BCUT2D eigenvalue weighted by Gasteiger charge is -2.08. The Kier molecular flexibility index (Phi) is 4.11. The Bertz CT molecular complexity index is 646. The zero-order valence-electron chi connectivity index (χ0n) is 9.90. The number of alkyl halides is 3. The summed E-state index contributed by atoms with van der Waals surface area (Å²) in [5.74, 6) is 4.28. The molecule has 0 atom stereocenters. The molecule has 0 bridgehead atoms. The minimum Gasteiger partial charge on any atom is -0.406 e. The Morgan fingerprint density at radius 3 is 2.40 bits per heavy atom. The SMILES string of the molecule is O=C(C#Cc1cccs1)c1ccc(OC(F)(F)F)cc1. The average molecular weight is 296 g/mol. The van der Waals surface area contributed by atoms with Gasteiger partial charge in [-0.1, -0.05) is 6.07 Å². The Morgan fingerprint density at radius 1 is 1.15 bits per heavy atom. The standard InChI is InChI=1S/C14H7F3O2S/c15-14(16,17)19-11-5-3-10(4-6-11)13(18)8-7-12-2-1-9-20-12/h1-6,9H. The zero-order chi connectivity index (χ0) is 14.6. The van der Waals surface area contributed by atoms with Gasteiger partial charge in [-0.3, -0.25) is 4.79 Å². The number of hydrogen-bond acceptors (Lipinski definition) is 3. The summed E-state index contributed by atoms with van der Waals surface area (Å²) in [7, 11) is 0. The summed E-state index contributed by atoms with van der Waals surface area (Å²) < 4.78 is 39.6. The lowest BCUT2D eigenvalue weighted by molar-refractivity contribution is -0.274. The summed E-state index contributed by atoms with van der Waals surface area (Å²) in [6.07, 6.45) is -4.75. The van der Waals surface area contributed by atoms with Crippen LogP contribution in [0.5, 0.6) is 5.75 Å². The fraction of sp³-hybridized carbons (Fsp3) is 0.0714. The van der Waals surface area contributed by atoms with E-state index in [4.69, 9.17) is 0 Å². The van der Waals surface area contributed by atoms with Crippen molar-refractivity contribution < 1.29 is 22.7 Å². The second-order valence-corrected chi connectivity index (χ2v) is 4.58.